The molecule has 0 radical (unpaired) electrons. The molecule has 1 aliphatic rings. The van der Waals surface area contributed by atoms with Crippen LogP contribution in [0.5, 0.6) is 0 Å². The molecule has 1 heterocycles. The van der Waals surface area contributed by atoms with Crippen molar-refractivity contribution >= 4 is 0 Å². The second kappa shape index (κ2) is 14.6. The molecule has 3 aromatic rings. The van der Waals surface area contributed by atoms with Gasteiger partial charge in [-0.05, 0) is 42.1 Å². The van der Waals surface area contributed by atoms with E-state index in [0.717, 1.165) is 51.3 Å². The Morgan fingerprint density at radius 3 is 1.97 bits per heavy atom. The van der Waals surface area contributed by atoms with E-state index in [9.17, 15) is 4.39 Å². The van der Waals surface area contributed by atoms with Crippen LogP contribution in [-0.4, -0.2) is 55.7 Å². The summed E-state index contributed by atoms with van der Waals surface area (Å²) in [6.07, 6.45) is 1.52. The number of halogens is 1. The minimum atomic E-state index is -0.146. The average Bonchev–Trinajstić information content (AvgIpc) is 2.87. The summed E-state index contributed by atoms with van der Waals surface area (Å²) in [4.78, 5) is 4.98. The van der Waals surface area contributed by atoms with E-state index in [0.29, 0.717) is 13.0 Å². The predicted octanol–water partition coefficient (Wildman–Crippen LogP) is 4.74. The molecule has 5 heteroatoms. The van der Waals surface area contributed by atoms with Crippen LogP contribution in [0.2, 0.25) is 0 Å². The molecule has 2 N–H and O–H groups in total. The smallest absolute Gasteiger partial charge is 0.126 e. The average molecular weight is 464 g/mol. The molecular weight excluding hydrogens is 425 g/mol. The largest absolute Gasteiger partial charge is 0.380 e. The summed E-state index contributed by atoms with van der Waals surface area (Å²) in [5.74, 6) is -0.146. The van der Waals surface area contributed by atoms with Crippen LogP contribution in [0.25, 0.3) is 0 Å². The molecule has 1 aliphatic heterocycles. The Morgan fingerprint density at radius 1 is 0.794 bits per heavy atom. The van der Waals surface area contributed by atoms with E-state index in [4.69, 9.17) is 10.5 Å². The SMILES string of the molecule is COCc1ccccc1.N[C@@H](CCN1CCN(Cc2ccccc2)CC1)Cc1ccccc1F. The van der Waals surface area contributed by atoms with Crippen molar-refractivity contribution in [3.63, 3.8) is 0 Å². The Bertz CT molecular complexity index is 930. The Hall–Kier alpha value is -2.57. The molecule has 4 rings (SSSR count). The summed E-state index contributed by atoms with van der Waals surface area (Å²) in [5, 5.41) is 0. The van der Waals surface area contributed by atoms with E-state index >= 15 is 0 Å². The maximum Gasteiger partial charge on any atom is 0.126 e. The number of ether oxygens (including phenoxy) is 1. The molecule has 0 bridgehead atoms. The first kappa shape index (κ1) is 26.0. The normalized spacial score (nSPS) is 15.4. The van der Waals surface area contributed by atoms with Gasteiger partial charge in [-0.2, -0.15) is 0 Å². The van der Waals surface area contributed by atoms with Crippen LogP contribution >= 0.6 is 0 Å². The fourth-order valence-corrected chi connectivity index (χ4v) is 4.15. The third kappa shape index (κ3) is 9.35. The second-order valence-electron chi connectivity index (χ2n) is 8.87. The second-order valence-corrected chi connectivity index (χ2v) is 8.87. The van der Waals surface area contributed by atoms with Crippen LogP contribution in [0, 0.1) is 5.82 Å². The minimum absolute atomic E-state index is 0.0132. The van der Waals surface area contributed by atoms with E-state index in [-0.39, 0.29) is 11.9 Å². The molecule has 1 saturated heterocycles. The number of benzene rings is 3. The maximum atomic E-state index is 13.7. The van der Waals surface area contributed by atoms with Crippen molar-refractivity contribution in [2.75, 3.05) is 39.8 Å². The van der Waals surface area contributed by atoms with Crippen molar-refractivity contribution in [1.82, 2.24) is 9.80 Å². The zero-order chi connectivity index (χ0) is 24.0. The first-order valence-electron chi connectivity index (χ1n) is 12.1. The topological polar surface area (TPSA) is 41.7 Å². The zero-order valence-corrected chi connectivity index (χ0v) is 20.3. The lowest BCUT2D eigenvalue weighted by Gasteiger charge is -2.35. The third-order valence-electron chi connectivity index (χ3n) is 6.12. The predicted molar refractivity (Wildman–Crippen MR) is 138 cm³/mol. The molecule has 0 amide bonds. The van der Waals surface area contributed by atoms with Crippen molar-refractivity contribution in [1.29, 1.82) is 0 Å². The van der Waals surface area contributed by atoms with Crippen LogP contribution in [-0.2, 0) is 24.3 Å². The lowest BCUT2D eigenvalue weighted by Crippen LogP contribution is -2.47. The van der Waals surface area contributed by atoms with Crippen LogP contribution in [0.1, 0.15) is 23.1 Å². The summed E-state index contributed by atoms with van der Waals surface area (Å²) in [6, 6.07) is 27.7. The Labute approximate surface area is 204 Å². The number of methoxy groups -OCH3 is 1. The molecular formula is C29H38FN3O. The highest BCUT2D eigenvalue weighted by Crippen LogP contribution is 2.12. The molecule has 0 unspecified atom stereocenters. The van der Waals surface area contributed by atoms with Gasteiger partial charge in [-0.1, -0.05) is 78.9 Å². The summed E-state index contributed by atoms with van der Waals surface area (Å²) in [7, 11) is 1.70. The fourth-order valence-electron chi connectivity index (χ4n) is 4.15. The minimum Gasteiger partial charge on any atom is -0.380 e. The molecule has 182 valence electrons. The lowest BCUT2D eigenvalue weighted by atomic mass is 10.0. The molecule has 0 saturated carbocycles. The van der Waals surface area contributed by atoms with Crippen molar-refractivity contribution in [2.45, 2.75) is 32.0 Å². The van der Waals surface area contributed by atoms with Crippen molar-refractivity contribution in [3.8, 4) is 0 Å². The van der Waals surface area contributed by atoms with Crippen molar-refractivity contribution < 1.29 is 9.13 Å². The summed E-state index contributed by atoms with van der Waals surface area (Å²) < 4.78 is 18.6. The van der Waals surface area contributed by atoms with E-state index in [1.165, 1.54) is 17.2 Å². The van der Waals surface area contributed by atoms with Gasteiger partial charge in [-0.25, -0.2) is 4.39 Å². The molecule has 1 fully saturated rings. The van der Waals surface area contributed by atoms with Crippen molar-refractivity contribution in [2.24, 2.45) is 5.73 Å². The van der Waals surface area contributed by atoms with Crippen molar-refractivity contribution in [3.05, 3.63) is 107 Å². The maximum absolute atomic E-state index is 13.7. The Balaban J connectivity index is 0.000000302. The van der Waals surface area contributed by atoms with Gasteiger partial charge in [0, 0.05) is 45.9 Å². The number of nitrogens with two attached hydrogens (primary N) is 1. The van der Waals surface area contributed by atoms with Gasteiger partial charge in [0.1, 0.15) is 5.82 Å². The van der Waals surface area contributed by atoms with Gasteiger partial charge in [0.2, 0.25) is 0 Å². The number of hydrogen-bond acceptors (Lipinski definition) is 4. The number of hydrogen-bond donors (Lipinski definition) is 1. The highest BCUT2D eigenvalue weighted by molar-refractivity contribution is 5.18. The monoisotopic (exact) mass is 463 g/mol. The lowest BCUT2D eigenvalue weighted by molar-refractivity contribution is 0.124. The van der Waals surface area contributed by atoms with Crippen LogP contribution in [0.15, 0.2) is 84.9 Å². The number of piperazine rings is 1. The standard InChI is InChI=1S/C21H28FN3.C8H10O/c22-21-9-5-4-8-19(21)16-20(23)10-11-24-12-14-25(15-13-24)17-18-6-2-1-3-7-18;1-9-7-8-5-3-2-4-6-8/h1-9,20H,10-17,23H2;2-6H,7H2,1H3/t20-;/m0./s1. The van der Waals surface area contributed by atoms with Gasteiger partial charge in [0.15, 0.2) is 0 Å². The first-order valence-corrected chi connectivity index (χ1v) is 12.1. The molecule has 1 atom stereocenters. The van der Waals surface area contributed by atoms with Crippen LogP contribution < -0.4 is 5.73 Å². The summed E-state index contributed by atoms with van der Waals surface area (Å²) in [6.45, 7) is 7.09. The molecule has 4 nitrogen and oxygen atoms in total. The fraction of sp³-hybridized carbons (Fsp3) is 0.379. The molecule has 3 aromatic carbocycles. The zero-order valence-electron chi connectivity index (χ0n) is 20.3. The molecule has 0 aliphatic carbocycles. The summed E-state index contributed by atoms with van der Waals surface area (Å²) >= 11 is 0. The van der Waals surface area contributed by atoms with Gasteiger partial charge < -0.3 is 15.4 Å². The molecule has 0 spiro atoms. The van der Waals surface area contributed by atoms with E-state index in [1.807, 2.05) is 42.5 Å². The third-order valence-corrected chi connectivity index (χ3v) is 6.12. The van der Waals surface area contributed by atoms with Gasteiger partial charge in [-0.3, -0.25) is 4.90 Å². The number of rotatable bonds is 9. The van der Waals surface area contributed by atoms with E-state index in [2.05, 4.69) is 40.1 Å². The molecule has 0 aromatic heterocycles. The molecule has 34 heavy (non-hydrogen) atoms. The highest BCUT2D eigenvalue weighted by atomic mass is 19.1. The quantitative estimate of drug-likeness (QED) is 0.498. The number of nitrogens with zero attached hydrogens (tertiary/aromatic N) is 2. The van der Waals surface area contributed by atoms with E-state index in [1.54, 1.807) is 13.2 Å². The Kier molecular flexibility index (Phi) is 11.2. The van der Waals surface area contributed by atoms with Gasteiger partial charge in [-0.15, -0.1) is 0 Å². The van der Waals surface area contributed by atoms with Gasteiger partial charge >= 0.3 is 0 Å². The summed E-state index contributed by atoms with van der Waals surface area (Å²) in [5.41, 5.74) is 9.54. The van der Waals surface area contributed by atoms with E-state index < -0.39 is 0 Å². The highest BCUT2D eigenvalue weighted by Gasteiger charge is 2.18. The van der Waals surface area contributed by atoms with Crippen LogP contribution in [0.4, 0.5) is 4.39 Å². The Morgan fingerprint density at radius 2 is 1.35 bits per heavy atom. The van der Waals surface area contributed by atoms with Crippen LogP contribution in [0.3, 0.4) is 0 Å². The van der Waals surface area contributed by atoms with Gasteiger partial charge in [0.05, 0.1) is 6.61 Å². The first-order chi connectivity index (χ1) is 16.6. The van der Waals surface area contributed by atoms with Gasteiger partial charge in [0.25, 0.3) is 0 Å².